The summed E-state index contributed by atoms with van der Waals surface area (Å²) in [6, 6.07) is 5.85. The standard InChI is InChI=1S/C13H16N4O3S/c1-8-9(2)15-13(16-12(8)20-3)17-21(18,19)11-6-4-10(14)5-7-11/h4-7H,14H2,1-3H3,(H,15,16,17). The summed E-state index contributed by atoms with van der Waals surface area (Å²) in [4.78, 5) is 8.22. The minimum Gasteiger partial charge on any atom is -0.481 e. The van der Waals surface area contributed by atoms with Gasteiger partial charge >= 0.3 is 0 Å². The zero-order chi connectivity index (χ0) is 15.6. The average Bonchev–Trinajstić information content (AvgIpc) is 2.42. The van der Waals surface area contributed by atoms with Crippen molar-refractivity contribution < 1.29 is 13.2 Å². The molecule has 112 valence electrons. The van der Waals surface area contributed by atoms with Crippen LogP contribution in [0.1, 0.15) is 11.3 Å². The fourth-order valence-corrected chi connectivity index (χ4v) is 2.62. The minimum atomic E-state index is -3.77. The van der Waals surface area contributed by atoms with Gasteiger partial charge in [0, 0.05) is 16.9 Å². The summed E-state index contributed by atoms with van der Waals surface area (Å²) in [5.74, 6) is 0.296. The van der Waals surface area contributed by atoms with E-state index in [1.165, 1.54) is 31.4 Å². The van der Waals surface area contributed by atoms with Crippen LogP contribution in [0, 0.1) is 13.8 Å². The molecular formula is C13H16N4O3S. The maximum absolute atomic E-state index is 12.2. The molecule has 8 heteroatoms. The summed E-state index contributed by atoms with van der Waals surface area (Å²) >= 11 is 0. The zero-order valence-corrected chi connectivity index (χ0v) is 12.7. The van der Waals surface area contributed by atoms with Crippen molar-refractivity contribution in [1.82, 2.24) is 9.97 Å². The summed E-state index contributed by atoms with van der Waals surface area (Å²) in [5, 5.41) is 0. The van der Waals surface area contributed by atoms with Crippen LogP contribution in [0.15, 0.2) is 29.2 Å². The topological polar surface area (TPSA) is 107 Å². The SMILES string of the molecule is COc1nc(NS(=O)(=O)c2ccc(N)cc2)nc(C)c1C. The Bertz CT molecular complexity index is 758. The van der Waals surface area contributed by atoms with Crippen LogP contribution in [0.2, 0.25) is 0 Å². The van der Waals surface area contributed by atoms with Gasteiger partial charge < -0.3 is 10.5 Å². The van der Waals surface area contributed by atoms with Gasteiger partial charge in [0.15, 0.2) is 0 Å². The van der Waals surface area contributed by atoms with Gasteiger partial charge in [0.2, 0.25) is 11.8 Å². The Labute approximate surface area is 123 Å². The molecule has 0 aliphatic carbocycles. The van der Waals surface area contributed by atoms with Crippen molar-refractivity contribution in [2.45, 2.75) is 18.7 Å². The van der Waals surface area contributed by atoms with Gasteiger partial charge in [0.05, 0.1) is 12.0 Å². The van der Waals surface area contributed by atoms with Crippen molar-refractivity contribution in [3.8, 4) is 5.88 Å². The number of ether oxygens (including phenoxy) is 1. The molecule has 0 fully saturated rings. The number of rotatable bonds is 4. The molecule has 0 atom stereocenters. The molecule has 7 nitrogen and oxygen atoms in total. The Hall–Kier alpha value is -2.35. The molecule has 1 aromatic carbocycles. The van der Waals surface area contributed by atoms with Gasteiger partial charge in [-0.15, -0.1) is 0 Å². The molecule has 0 aliphatic rings. The monoisotopic (exact) mass is 308 g/mol. The number of nitrogens with one attached hydrogen (secondary N) is 1. The minimum absolute atomic E-state index is 0.0354. The van der Waals surface area contributed by atoms with Crippen LogP contribution < -0.4 is 15.2 Å². The second-order valence-electron chi connectivity index (χ2n) is 4.44. The molecule has 0 spiro atoms. The maximum Gasteiger partial charge on any atom is 0.264 e. The molecule has 0 amide bonds. The van der Waals surface area contributed by atoms with E-state index in [0.717, 1.165) is 5.56 Å². The van der Waals surface area contributed by atoms with Crippen molar-refractivity contribution in [2.75, 3.05) is 17.6 Å². The fourth-order valence-electron chi connectivity index (χ4n) is 1.67. The number of nitrogens with two attached hydrogens (primary N) is 1. The van der Waals surface area contributed by atoms with Crippen LogP contribution >= 0.6 is 0 Å². The lowest BCUT2D eigenvalue weighted by Gasteiger charge is -2.11. The van der Waals surface area contributed by atoms with Gasteiger partial charge in [-0.3, -0.25) is 0 Å². The van der Waals surface area contributed by atoms with Crippen molar-refractivity contribution in [3.05, 3.63) is 35.5 Å². The van der Waals surface area contributed by atoms with E-state index in [1.807, 2.05) is 0 Å². The number of aryl methyl sites for hydroxylation is 1. The van der Waals surface area contributed by atoms with Crippen LogP contribution in [-0.2, 0) is 10.0 Å². The third-order valence-electron chi connectivity index (χ3n) is 2.95. The first-order valence-electron chi connectivity index (χ1n) is 6.11. The van der Waals surface area contributed by atoms with E-state index in [1.54, 1.807) is 13.8 Å². The lowest BCUT2D eigenvalue weighted by molar-refractivity contribution is 0.393. The highest BCUT2D eigenvalue weighted by molar-refractivity contribution is 7.92. The Kier molecular flexibility index (Phi) is 3.99. The quantitative estimate of drug-likeness (QED) is 0.829. The number of sulfonamides is 1. The molecular weight excluding hydrogens is 292 g/mol. The third-order valence-corrected chi connectivity index (χ3v) is 4.30. The second kappa shape index (κ2) is 5.57. The van der Waals surface area contributed by atoms with Crippen LogP contribution in [0.3, 0.4) is 0 Å². The highest BCUT2D eigenvalue weighted by Crippen LogP contribution is 2.21. The summed E-state index contributed by atoms with van der Waals surface area (Å²) in [6.07, 6.45) is 0. The first-order valence-corrected chi connectivity index (χ1v) is 7.59. The zero-order valence-electron chi connectivity index (χ0n) is 11.9. The van der Waals surface area contributed by atoms with Gasteiger partial charge in [-0.05, 0) is 38.1 Å². The number of methoxy groups -OCH3 is 1. The summed E-state index contributed by atoms with van der Waals surface area (Å²) < 4.78 is 31.9. The molecule has 3 N–H and O–H groups in total. The molecule has 0 saturated heterocycles. The van der Waals surface area contributed by atoms with E-state index in [2.05, 4.69) is 14.7 Å². The fraction of sp³-hybridized carbons (Fsp3) is 0.231. The van der Waals surface area contributed by atoms with Gasteiger partial charge in [0.25, 0.3) is 10.0 Å². The Morgan fingerprint density at radius 1 is 1.14 bits per heavy atom. The highest BCUT2D eigenvalue weighted by atomic mass is 32.2. The molecule has 2 aromatic rings. The second-order valence-corrected chi connectivity index (χ2v) is 6.12. The Morgan fingerprint density at radius 3 is 2.33 bits per heavy atom. The van der Waals surface area contributed by atoms with E-state index in [-0.39, 0.29) is 10.8 Å². The van der Waals surface area contributed by atoms with Crippen molar-refractivity contribution >= 4 is 21.7 Å². The van der Waals surface area contributed by atoms with E-state index < -0.39 is 10.0 Å². The highest BCUT2D eigenvalue weighted by Gasteiger charge is 2.17. The van der Waals surface area contributed by atoms with Gasteiger partial charge in [-0.1, -0.05) is 0 Å². The largest absolute Gasteiger partial charge is 0.481 e. The molecule has 21 heavy (non-hydrogen) atoms. The summed E-state index contributed by atoms with van der Waals surface area (Å²) in [5.41, 5.74) is 7.42. The molecule has 0 aliphatic heterocycles. The maximum atomic E-state index is 12.2. The molecule has 0 radical (unpaired) electrons. The molecule has 1 heterocycles. The number of hydrogen-bond acceptors (Lipinski definition) is 6. The van der Waals surface area contributed by atoms with E-state index in [9.17, 15) is 8.42 Å². The molecule has 0 bridgehead atoms. The number of nitrogens with zero attached hydrogens (tertiary/aromatic N) is 2. The van der Waals surface area contributed by atoms with Crippen molar-refractivity contribution in [3.63, 3.8) is 0 Å². The van der Waals surface area contributed by atoms with E-state index in [0.29, 0.717) is 17.3 Å². The number of benzene rings is 1. The van der Waals surface area contributed by atoms with Crippen LogP contribution in [-0.4, -0.2) is 25.5 Å². The number of aromatic nitrogens is 2. The smallest absolute Gasteiger partial charge is 0.264 e. The predicted molar refractivity (Wildman–Crippen MR) is 79.7 cm³/mol. The van der Waals surface area contributed by atoms with Gasteiger partial charge in [0.1, 0.15) is 0 Å². The summed E-state index contributed by atoms with van der Waals surface area (Å²) in [6.45, 7) is 3.55. The number of hydrogen-bond donors (Lipinski definition) is 2. The normalized spacial score (nSPS) is 11.2. The molecule has 0 unspecified atom stereocenters. The molecule has 0 saturated carbocycles. The van der Waals surface area contributed by atoms with Crippen molar-refractivity contribution in [1.29, 1.82) is 0 Å². The van der Waals surface area contributed by atoms with Crippen LogP contribution in [0.5, 0.6) is 5.88 Å². The number of nitrogen functional groups attached to an aromatic ring is 1. The van der Waals surface area contributed by atoms with Gasteiger partial charge in [-0.2, -0.15) is 4.98 Å². The lowest BCUT2D eigenvalue weighted by atomic mass is 10.3. The summed E-state index contributed by atoms with van der Waals surface area (Å²) in [7, 11) is -2.31. The van der Waals surface area contributed by atoms with Crippen molar-refractivity contribution in [2.24, 2.45) is 0 Å². The average molecular weight is 308 g/mol. The third kappa shape index (κ3) is 3.22. The lowest BCUT2D eigenvalue weighted by Crippen LogP contribution is -2.16. The predicted octanol–water partition coefficient (Wildman–Crippen LogP) is 1.49. The van der Waals surface area contributed by atoms with Crippen LogP contribution in [0.4, 0.5) is 11.6 Å². The Morgan fingerprint density at radius 2 is 1.76 bits per heavy atom. The van der Waals surface area contributed by atoms with E-state index in [4.69, 9.17) is 10.5 Å². The Balaban J connectivity index is 2.37. The van der Waals surface area contributed by atoms with Gasteiger partial charge in [-0.25, -0.2) is 18.1 Å². The first-order chi connectivity index (χ1) is 9.83. The molecule has 1 aromatic heterocycles. The van der Waals surface area contributed by atoms with Crippen LogP contribution in [0.25, 0.3) is 0 Å². The first kappa shape index (κ1) is 15.0. The molecule has 2 rings (SSSR count). The van der Waals surface area contributed by atoms with E-state index >= 15 is 0 Å². The number of anilines is 2.